The van der Waals surface area contributed by atoms with Crippen LogP contribution >= 0.6 is 0 Å². The third kappa shape index (κ3) is 5.04. The topological polar surface area (TPSA) is 68.3 Å². The fourth-order valence-electron chi connectivity index (χ4n) is 2.87. The maximum atomic E-state index is 12.7. The van der Waals surface area contributed by atoms with E-state index in [1.54, 1.807) is 19.2 Å². The molecule has 0 saturated heterocycles. The summed E-state index contributed by atoms with van der Waals surface area (Å²) in [6.07, 6.45) is 1.61. The number of esters is 1. The molecule has 1 unspecified atom stereocenters. The SMILES string of the molecule is CCOC(=O)CC(NC(=O)c1ccc(-c2ccccc2)nc1)c1ccccc1. The molecule has 1 heterocycles. The molecule has 2 aromatic carbocycles. The first kappa shape index (κ1) is 19.3. The molecule has 0 aliphatic rings. The summed E-state index contributed by atoms with van der Waals surface area (Å²) in [6, 6.07) is 22.2. The highest BCUT2D eigenvalue weighted by Gasteiger charge is 2.20. The summed E-state index contributed by atoms with van der Waals surface area (Å²) in [4.78, 5) is 29.1. The molecule has 3 rings (SSSR count). The van der Waals surface area contributed by atoms with Crippen LogP contribution in [0.4, 0.5) is 0 Å². The Morgan fingerprint density at radius 3 is 2.25 bits per heavy atom. The first-order chi connectivity index (χ1) is 13.7. The van der Waals surface area contributed by atoms with Crippen molar-refractivity contribution in [3.63, 3.8) is 0 Å². The molecule has 1 N–H and O–H groups in total. The van der Waals surface area contributed by atoms with Crippen molar-refractivity contribution < 1.29 is 14.3 Å². The molecule has 5 nitrogen and oxygen atoms in total. The monoisotopic (exact) mass is 374 g/mol. The predicted molar refractivity (Wildman–Crippen MR) is 108 cm³/mol. The van der Waals surface area contributed by atoms with Crippen molar-refractivity contribution >= 4 is 11.9 Å². The fourth-order valence-corrected chi connectivity index (χ4v) is 2.87. The summed E-state index contributed by atoms with van der Waals surface area (Å²) >= 11 is 0. The Labute approximate surface area is 164 Å². The van der Waals surface area contributed by atoms with E-state index in [2.05, 4.69) is 10.3 Å². The minimum Gasteiger partial charge on any atom is -0.466 e. The van der Waals surface area contributed by atoms with Crippen LogP contribution in [0.5, 0.6) is 0 Å². The number of pyridine rings is 1. The lowest BCUT2D eigenvalue weighted by atomic mass is 10.0. The second-order valence-electron chi connectivity index (χ2n) is 6.24. The largest absolute Gasteiger partial charge is 0.466 e. The smallest absolute Gasteiger partial charge is 0.308 e. The fraction of sp³-hybridized carbons (Fsp3) is 0.174. The van der Waals surface area contributed by atoms with Crippen molar-refractivity contribution in [1.82, 2.24) is 10.3 Å². The second-order valence-corrected chi connectivity index (χ2v) is 6.24. The van der Waals surface area contributed by atoms with Crippen LogP contribution in [-0.2, 0) is 9.53 Å². The molecule has 0 fully saturated rings. The molecule has 1 amide bonds. The number of rotatable bonds is 7. The Bertz CT molecular complexity index is 910. The van der Waals surface area contributed by atoms with E-state index in [1.165, 1.54) is 0 Å². The molecule has 0 spiro atoms. The minimum absolute atomic E-state index is 0.0686. The van der Waals surface area contributed by atoms with Gasteiger partial charge < -0.3 is 10.1 Å². The first-order valence-corrected chi connectivity index (χ1v) is 9.20. The van der Waals surface area contributed by atoms with Gasteiger partial charge in [0.2, 0.25) is 0 Å². The van der Waals surface area contributed by atoms with Crippen LogP contribution in [0.15, 0.2) is 79.0 Å². The zero-order valence-electron chi connectivity index (χ0n) is 15.7. The summed E-state index contributed by atoms with van der Waals surface area (Å²) in [7, 11) is 0. The zero-order chi connectivity index (χ0) is 19.8. The van der Waals surface area contributed by atoms with E-state index < -0.39 is 6.04 Å². The van der Waals surface area contributed by atoms with Crippen molar-refractivity contribution in [1.29, 1.82) is 0 Å². The van der Waals surface area contributed by atoms with Crippen LogP contribution < -0.4 is 5.32 Å². The third-order valence-electron chi connectivity index (χ3n) is 4.28. The molecular weight excluding hydrogens is 352 g/mol. The average molecular weight is 374 g/mol. The normalized spacial score (nSPS) is 11.5. The van der Waals surface area contributed by atoms with Gasteiger partial charge in [-0.1, -0.05) is 60.7 Å². The molecule has 0 bridgehead atoms. The van der Waals surface area contributed by atoms with Crippen LogP contribution in [0.1, 0.15) is 35.3 Å². The van der Waals surface area contributed by atoms with Crippen LogP contribution in [0.25, 0.3) is 11.3 Å². The number of nitrogens with one attached hydrogen (secondary N) is 1. The molecule has 0 radical (unpaired) electrons. The van der Waals surface area contributed by atoms with Crippen molar-refractivity contribution in [3.05, 3.63) is 90.1 Å². The first-order valence-electron chi connectivity index (χ1n) is 9.20. The van der Waals surface area contributed by atoms with E-state index >= 15 is 0 Å². The van der Waals surface area contributed by atoms with Crippen molar-refractivity contribution in [2.75, 3.05) is 6.61 Å². The molecule has 1 aromatic heterocycles. The molecule has 28 heavy (non-hydrogen) atoms. The number of carbonyl (C=O) groups excluding carboxylic acids is 2. The number of amides is 1. The zero-order valence-corrected chi connectivity index (χ0v) is 15.7. The van der Waals surface area contributed by atoms with Crippen molar-refractivity contribution in [2.45, 2.75) is 19.4 Å². The molecule has 3 aromatic rings. The van der Waals surface area contributed by atoms with Gasteiger partial charge in [0, 0.05) is 11.8 Å². The molecular formula is C23H22N2O3. The summed E-state index contributed by atoms with van der Waals surface area (Å²) < 4.78 is 5.04. The van der Waals surface area contributed by atoms with Gasteiger partial charge in [-0.25, -0.2) is 0 Å². The lowest BCUT2D eigenvalue weighted by molar-refractivity contribution is -0.143. The second kappa shape index (κ2) is 9.46. The molecule has 1 atom stereocenters. The van der Waals surface area contributed by atoms with Gasteiger partial charge in [0.15, 0.2) is 0 Å². The predicted octanol–water partition coefficient (Wildman–Crippen LogP) is 4.17. The van der Waals surface area contributed by atoms with Crippen LogP contribution in [0, 0.1) is 0 Å². The Hall–Kier alpha value is -3.47. The van der Waals surface area contributed by atoms with Crippen LogP contribution in [-0.4, -0.2) is 23.5 Å². The van der Waals surface area contributed by atoms with Gasteiger partial charge in [-0.15, -0.1) is 0 Å². The highest BCUT2D eigenvalue weighted by molar-refractivity contribution is 5.94. The Morgan fingerprint density at radius 1 is 0.964 bits per heavy atom. The van der Waals surface area contributed by atoms with E-state index in [9.17, 15) is 9.59 Å². The standard InChI is InChI=1S/C23H22N2O3/c1-2-28-22(26)15-21(18-11-7-4-8-12-18)25-23(27)19-13-14-20(24-16-19)17-9-5-3-6-10-17/h3-14,16,21H,2,15H2,1H3,(H,25,27). The minimum atomic E-state index is -0.471. The quantitative estimate of drug-likeness (QED) is 0.630. The lowest BCUT2D eigenvalue weighted by Crippen LogP contribution is -2.30. The molecule has 5 heteroatoms. The maximum absolute atomic E-state index is 12.7. The van der Waals surface area contributed by atoms with Crippen LogP contribution in [0.3, 0.4) is 0 Å². The number of hydrogen-bond donors (Lipinski definition) is 1. The van der Waals surface area contributed by atoms with Gasteiger partial charge in [-0.2, -0.15) is 0 Å². The number of carbonyl (C=O) groups is 2. The van der Waals surface area contributed by atoms with E-state index in [0.717, 1.165) is 16.8 Å². The maximum Gasteiger partial charge on any atom is 0.308 e. The number of ether oxygens (including phenoxy) is 1. The van der Waals surface area contributed by atoms with Gasteiger partial charge in [0.05, 0.1) is 30.3 Å². The summed E-state index contributed by atoms with van der Waals surface area (Å²) in [6.45, 7) is 2.06. The Balaban J connectivity index is 1.75. The van der Waals surface area contributed by atoms with Gasteiger partial charge in [0.25, 0.3) is 5.91 Å². The van der Waals surface area contributed by atoms with E-state index in [-0.39, 0.29) is 18.3 Å². The molecule has 0 aliphatic carbocycles. The Kier molecular flexibility index (Phi) is 6.52. The van der Waals surface area contributed by atoms with Crippen molar-refractivity contribution in [3.8, 4) is 11.3 Å². The number of hydrogen-bond acceptors (Lipinski definition) is 4. The number of aromatic nitrogens is 1. The average Bonchev–Trinajstić information content (AvgIpc) is 2.75. The van der Waals surface area contributed by atoms with Crippen molar-refractivity contribution in [2.24, 2.45) is 0 Å². The van der Waals surface area contributed by atoms with Gasteiger partial charge in [0.1, 0.15) is 0 Å². The van der Waals surface area contributed by atoms with Gasteiger partial charge in [-0.05, 0) is 24.6 Å². The number of benzene rings is 2. The van der Waals surface area contributed by atoms with Gasteiger partial charge in [-0.3, -0.25) is 14.6 Å². The van der Waals surface area contributed by atoms with Gasteiger partial charge >= 0.3 is 5.97 Å². The third-order valence-corrected chi connectivity index (χ3v) is 4.28. The number of nitrogens with zero attached hydrogens (tertiary/aromatic N) is 1. The molecule has 142 valence electrons. The lowest BCUT2D eigenvalue weighted by Gasteiger charge is -2.18. The molecule has 0 saturated carbocycles. The highest BCUT2D eigenvalue weighted by atomic mass is 16.5. The highest BCUT2D eigenvalue weighted by Crippen LogP contribution is 2.19. The summed E-state index contributed by atoms with van der Waals surface area (Å²) in [5.41, 5.74) is 3.06. The Morgan fingerprint density at radius 2 is 1.64 bits per heavy atom. The summed E-state index contributed by atoms with van der Waals surface area (Å²) in [5.74, 6) is -0.639. The summed E-state index contributed by atoms with van der Waals surface area (Å²) in [5, 5.41) is 2.92. The van der Waals surface area contributed by atoms with E-state index in [4.69, 9.17) is 4.74 Å². The van der Waals surface area contributed by atoms with Crippen LogP contribution in [0.2, 0.25) is 0 Å². The van der Waals surface area contributed by atoms with E-state index in [1.807, 2.05) is 66.7 Å². The van der Waals surface area contributed by atoms with E-state index in [0.29, 0.717) is 12.2 Å². The molecule has 0 aliphatic heterocycles.